The number of fused-ring (bicyclic) bond motifs is 2. The first-order valence-electron chi connectivity index (χ1n) is 9.40. The Morgan fingerprint density at radius 3 is 2.67 bits per heavy atom. The predicted octanol–water partition coefficient (Wildman–Crippen LogP) is 7.08. The van der Waals surface area contributed by atoms with E-state index in [-0.39, 0.29) is 5.91 Å². The highest BCUT2D eigenvalue weighted by molar-refractivity contribution is 8.04. The molecule has 0 bridgehead atoms. The molecular formula is C24H16Cl2N2OS. The van der Waals surface area contributed by atoms with E-state index in [0.29, 0.717) is 21.5 Å². The standard InChI is InChI=1S/C24H16Cl2N2OS/c25-17-10-9-15(19(26)12-17)13-28-14-16(18-5-1-3-7-21(18)28)11-23-24(29)27-20-6-2-4-8-22(20)30-23/h1-12,14H,13H2,(H,27,29)/b23-11-. The summed E-state index contributed by atoms with van der Waals surface area (Å²) in [6, 6.07) is 21.5. The van der Waals surface area contributed by atoms with Crippen LogP contribution in [0.15, 0.2) is 82.7 Å². The van der Waals surface area contributed by atoms with Crippen LogP contribution < -0.4 is 5.32 Å². The summed E-state index contributed by atoms with van der Waals surface area (Å²) in [5.74, 6) is -0.0868. The van der Waals surface area contributed by atoms with Gasteiger partial charge in [0.2, 0.25) is 0 Å². The van der Waals surface area contributed by atoms with Crippen LogP contribution in [-0.4, -0.2) is 10.5 Å². The topological polar surface area (TPSA) is 34.0 Å². The molecule has 0 spiro atoms. The molecule has 3 aromatic carbocycles. The summed E-state index contributed by atoms with van der Waals surface area (Å²) in [6.07, 6.45) is 4.02. The maximum absolute atomic E-state index is 12.6. The second-order valence-electron chi connectivity index (χ2n) is 7.03. The number of rotatable bonds is 3. The van der Waals surface area contributed by atoms with E-state index in [9.17, 15) is 4.79 Å². The number of para-hydroxylation sites is 2. The molecule has 0 atom stereocenters. The number of hydrogen-bond donors (Lipinski definition) is 1. The van der Waals surface area contributed by atoms with Crippen LogP contribution in [0.2, 0.25) is 10.0 Å². The summed E-state index contributed by atoms with van der Waals surface area (Å²) in [6.45, 7) is 0.613. The van der Waals surface area contributed by atoms with Crippen molar-refractivity contribution in [2.75, 3.05) is 5.32 Å². The average molecular weight is 451 g/mol. The number of anilines is 1. The van der Waals surface area contributed by atoms with Gasteiger partial charge in [-0.1, -0.05) is 71.4 Å². The first-order chi connectivity index (χ1) is 14.6. The van der Waals surface area contributed by atoms with Crippen molar-refractivity contribution in [3.63, 3.8) is 0 Å². The lowest BCUT2D eigenvalue weighted by atomic mass is 10.1. The highest BCUT2D eigenvalue weighted by atomic mass is 35.5. The molecular weight excluding hydrogens is 435 g/mol. The lowest BCUT2D eigenvalue weighted by molar-refractivity contribution is -0.112. The molecule has 1 amide bonds. The van der Waals surface area contributed by atoms with Crippen molar-refractivity contribution in [2.45, 2.75) is 11.4 Å². The van der Waals surface area contributed by atoms with Gasteiger partial charge in [0.25, 0.3) is 5.91 Å². The molecule has 0 fully saturated rings. The fraction of sp³-hybridized carbons (Fsp3) is 0.0417. The summed E-state index contributed by atoms with van der Waals surface area (Å²) in [7, 11) is 0. The Morgan fingerprint density at radius 1 is 1.00 bits per heavy atom. The first-order valence-corrected chi connectivity index (χ1v) is 11.0. The molecule has 2 heterocycles. The van der Waals surface area contributed by atoms with Crippen molar-refractivity contribution < 1.29 is 4.79 Å². The minimum absolute atomic E-state index is 0.0868. The lowest BCUT2D eigenvalue weighted by Crippen LogP contribution is -2.16. The van der Waals surface area contributed by atoms with E-state index < -0.39 is 0 Å². The molecule has 6 heteroatoms. The Morgan fingerprint density at radius 2 is 1.80 bits per heavy atom. The summed E-state index contributed by atoms with van der Waals surface area (Å²) in [4.78, 5) is 14.3. The largest absolute Gasteiger partial charge is 0.342 e. The average Bonchev–Trinajstić information content (AvgIpc) is 3.08. The molecule has 0 saturated carbocycles. The van der Waals surface area contributed by atoms with Crippen molar-refractivity contribution >= 4 is 63.5 Å². The van der Waals surface area contributed by atoms with Gasteiger partial charge in [0.15, 0.2) is 0 Å². The Balaban J connectivity index is 1.56. The summed E-state index contributed by atoms with van der Waals surface area (Å²) < 4.78 is 2.15. The molecule has 0 radical (unpaired) electrons. The van der Waals surface area contributed by atoms with E-state index in [1.54, 1.807) is 6.07 Å². The van der Waals surface area contributed by atoms with Crippen LogP contribution in [0.5, 0.6) is 0 Å². The molecule has 5 rings (SSSR count). The minimum atomic E-state index is -0.0868. The van der Waals surface area contributed by atoms with E-state index in [4.69, 9.17) is 23.2 Å². The molecule has 1 aliphatic rings. The number of hydrogen-bond acceptors (Lipinski definition) is 2. The fourth-order valence-corrected chi connectivity index (χ4v) is 5.01. The van der Waals surface area contributed by atoms with Gasteiger partial charge in [-0.3, -0.25) is 4.79 Å². The van der Waals surface area contributed by atoms with Crippen molar-refractivity contribution in [3.8, 4) is 0 Å². The number of amides is 1. The molecule has 1 aliphatic heterocycles. The molecule has 0 aliphatic carbocycles. The number of carbonyl (C=O) groups is 1. The van der Waals surface area contributed by atoms with Gasteiger partial charge in [-0.15, -0.1) is 0 Å². The van der Waals surface area contributed by atoms with Crippen LogP contribution in [-0.2, 0) is 11.3 Å². The number of halogens is 2. The van der Waals surface area contributed by atoms with Crippen LogP contribution in [0.3, 0.4) is 0 Å². The summed E-state index contributed by atoms with van der Waals surface area (Å²) in [5.41, 5.74) is 3.91. The number of thioether (sulfide) groups is 1. The SMILES string of the molecule is O=C1Nc2ccccc2S/C1=C\c1cn(Cc2ccc(Cl)cc2Cl)c2ccccc12. The van der Waals surface area contributed by atoms with Gasteiger partial charge >= 0.3 is 0 Å². The van der Waals surface area contributed by atoms with Crippen LogP contribution in [0.25, 0.3) is 17.0 Å². The highest BCUT2D eigenvalue weighted by Gasteiger charge is 2.21. The zero-order chi connectivity index (χ0) is 20.7. The van der Waals surface area contributed by atoms with Gasteiger partial charge < -0.3 is 9.88 Å². The normalized spacial score (nSPS) is 14.7. The molecule has 0 saturated heterocycles. The Kier molecular flexibility index (Phi) is 5.07. The maximum atomic E-state index is 12.6. The molecule has 0 unspecified atom stereocenters. The fourth-order valence-electron chi connectivity index (χ4n) is 3.60. The second-order valence-corrected chi connectivity index (χ2v) is 8.95. The van der Waals surface area contributed by atoms with E-state index >= 15 is 0 Å². The Hall–Kier alpha value is -2.66. The van der Waals surface area contributed by atoms with Crippen LogP contribution in [0.1, 0.15) is 11.1 Å². The third-order valence-electron chi connectivity index (χ3n) is 5.04. The maximum Gasteiger partial charge on any atom is 0.262 e. The van der Waals surface area contributed by atoms with Gasteiger partial charge in [0.05, 0.1) is 10.6 Å². The van der Waals surface area contributed by atoms with E-state index in [1.165, 1.54) is 11.8 Å². The van der Waals surface area contributed by atoms with Crippen molar-refractivity contribution in [2.24, 2.45) is 0 Å². The number of carbonyl (C=O) groups excluding carboxylic acids is 1. The molecule has 3 nitrogen and oxygen atoms in total. The van der Waals surface area contributed by atoms with Crippen LogP contribution in [0.4, 0.5) is 5.69 Å². The number of nitrogens with zero attached hydrogens (tertiary/aromatic N) is 1. The monoisotopic (exact) mass is 450 g/mol. The van der Waals surface area contributed by atoms with E-state index in [0.717, 1.165) is 32.6 Å². The number of benzene rings is 3. The minimum Gasteiger partial charge on any atom is -0.342 e. The zero-order valence-electron chi connectivity index (χ0n) is 15.7. The van der Waals surface area contributed by atoms with Gasteiger partial charge in [0, 0.05) is 44.1 Å². The van der Waals surface area contributed by atoms with Crippen molar-refractivity contribution in [3.05, 3.63) is 99.0 Å². The van der Waals surface area contributed by atoms with Crippen molar-refractivity contribution in [1.82, 2.24) is 4.57 Å². The number of nitrogens with one attached hydrogen (secondary N) is 1. The van der Waals surface area contributed by atoms with E-state index in [1.807, 2.05) is 54.6 Å². The van der Waals surface area contributed by atoms with Gasteiger partial charge in [-0.05, 0) is 42.0 Å². The molecule has 1 aromatic heterocycles. The zero-order valence-corrected chi connectivity index (χ0v) is 18.1. The Labute approximate surface area is 188 Å². The second kappa shape index (κ2) is 7.88. The van der Waals surface area contributed by atoms with Gasteiger partial charge in [-0.2, -0.15) is 0 Å². The Bertz CT molecular complexity index is 1330. The van der Waals surface area contributed by atoms with Crippen LogP contribution in [0, 0.1) is 0 Å². The molecule has 148 valence electrons. The molecule has 30 heavy (non-hydrogen) atoms. The third kappa shape index (κ3) is 3.63. The van der Waals surface area contributed by atoms with Gasteiger partial charge in [-0.25, -0.2) is 0 Å². The van der Waals surface area contributed by atoms with Gasteiger partial charge in [0.1, 0.15) is 0 Å². The van der Waals surface area contributed by atoms with E-state index in [2.05, 4.69) is 28.2 Å². The van der Waals surface area contributed by atoms with Crippen LogP contribution >= 0.6 is 35.0 Å². The predicted molar refractivity (Wildman–Crippen MR) is 126 cm³/mol. The lowest BCUT2D eigenvalue weighted by Gasteiger charge is -2.18. The smallest absolute Gasteiger partial charge is 0.262 e. The first kappa shape index (κ1) is 19.3. The summed E-state index contributed by atoms with van der Waals surface area (Å²) >= 11 is 13.9. The number of aromatic nitrogens is 1. The molecule has 4 aromatic rings. The molecule has 1 N–H and O–H groups in total. The summed E-state index contributed by atoms with van der Waals surface area (Å²) in [5, 5.41) is 5.31. The highest BCUT2D eigenvalue weighted by Crippen LogP contribution is 2.39. The van der Waals surface area contributed by atoms with Crippen molar-refractivity contribution in [1.29, 1.82) is 0 Å². The third-order valence-corrected chi connectivity index (χ3v) is 6.73. The quantitative estimate of drug-likeness (QED) is 0.338.